The van der Waals surface area contributed by atoms with Crippen molar-refractivity contribution < 1.29 is 19.1 Å². The van der Waals surface area contributed by atoms with Crippen LogP contribution in [0.5, 0.6) is 0 Å². The first kappa shape index (κ1) is 31.1. The minimum absolute atomic E-state index is 0.0260. The number of aromatic amines is 1. The summed E-state index contributed by atoms with van der Waals surface area (Å²) in [6.07, 6.45) is 4.09. The zero-order valence-electron chi connectivity index (χ0n) is 26.2. The van der Waals surface area contributed by atoms with Gasteiger partial charge in [-0.15, -0.1) is 0 Å². The number of allylic oxidation sites excluding steroid dienone is 1. The van der Waals surface area contributed by atoms with E-state index in [1.807, 2.05) is 36.4 Å². The Hall–Kier alpha value is -5.89. The molecule has 4 aromatic rings. The minimum Gasteiger partial charge on any atom is -0.466 e. The third-order valence-electron chi connectivity index (χ3n) is 8.74. The van der Waals surface area contributed by atoms with Gasteiger partial charge < -0.3 is 20.1 Å². The van der Waals surface area contributed by atoms with Crippen molar-refractivity contribution in [2.24, 2.45) is 5.73 Å². The number of hydrogen-bond acceptors (Lipinski definition) is 10. The predicted molar refractivity (Wildman–Crippen MR) is 178 cm³/mol. The van der Waals surface area contributed by atoms with E-state index < -0.39 is 17.9 Å². The van der Waals surface area contributed by atoms with E-state index in [9.17, 15) is 19.6 Å². The van der Waals surface area contributed by atoms with Gasteiger partial charge in [-0.2, -0.15) is 10.4 Å². The average molecular weight is 631 g/mol. The van der Waals surface area contributed by atoms with Crippen LogP contribution in [-0.2, 0) is 19.1 Å². The van der Waals surface area contributed by atoms with Crippen LogP contribution in [0.15, 0.2) is 100 Å². The summed E-state index contributed by atoms with van der Waals surface area (Å²) < 4.78 is 10.5. The molecule has 11 nitrogen and oxygen atoms in total. The third kappa shape index (κ3) is 5.59. The maximum atomic E-state index is 13.9. The van der Waals surface area contributed by atoms with E-state index in [0.29, 0.717) is 33.3 Å². The quantitative estimate of drug-likeness (QED) is 0.282. The number of esters is 2. The number of nitrogens with zero attached hydrogens (tertiary/aromatic N) is 4. The number of rotatable bonds is 6. The van der Waals surface area contributed by atoms with E-state index in [2.05, 4.69) is 21.2 Å². The molecule has 1 aromatic heterocycles. The maximum Gasteiger partial charge on any atom is 0.355 e. The zero-order chi connectivity index (χ0) is 33.1. The number of nitrogens with one attached hydrogen (secondary N) is 1. The molecule has 3 N–H and O–H groups in total. The highest BCUT2D eigenvalue weighted by Gasteiger charge is 2.44. The number of aromatic nitrogens is 2. The fourth-order valence-electron chi connectivity index (χ4n) is 6.53. The van der Waals surface area contributed by atoms with Crippen molar-refractivity contribution in [1.29, 1.82) is 5.26 Å². The van der Waals surface area contributed by atoms with Gasteiger partial charge in [0.25, 0.3) is 5.56 Å². The monoisotopic (exact) mass is 630 g/mol. The Morgan fingerprint density at radius 2 is 1.55 bits per heavy atom. The molecule has 3 heterocycles. The molecule has 1 fully saturated rings. The number of benzene rings is 3. The Balaban J connectivity index is 1.68. The molecule has 6 rings (SSSR count). The predicted octanol–water partition coefficient (Wildman–Crippen LogP) is 4.87. The van der Waals surface area contributed by atoms with Crippen LogP contribution >= 0.6 is 0 Å². The second kappa shape index (κ2) is 13.2. The number of nitriles is 1. The van der Waals surface area contributed by atoms with Crippen molar-refractivity contribution in [3.8, 4) is 17.3 Å². The maximum absolute atomic E-state index is 13.9. The molecule has 0 bridgehead atoms. The summed E-state index contributed by atoms with van der Waals surface area (Å²) in [4.78, 5) is 43.8. The first-order valence-electron chi connectivity index (χ1n) is 15.4. The Labute approximate surface area is 271 Å². The molecule has 2 aliphatic heterocycles. The minimum atomic E-state index is -0.992. The lowest BCUT2D eigenvalue weighted by Gasteiger charge is -2.38. The van der Waals surface area contributed by atoms with Gasteiger partial charge in [-0.1, -0.05) is 67.4 Å². The van der Waals surface area contributed by atoms with Crippen molar-refractivity contribution in [2.75, 3.05) is 37.1 Å². The largest absolute Gasteiger partial charge is 0.466 e. The highest BCUT2D eigenvalue weighted by molar-refractivity contribution is 6.07. The van der Waals surface area contributed by atoms with Crippen LogP contribution in [0, 0.1) is 11.3 Å². The molecule has 1 unspecified atom stereocenters. The van der Waals surface area contributed by atoms with Crippen molar-refractivity contribution >= 4 is 34.1 Å². The van der Waals surface area contributed by atoms with Crippen LogP contribution in [-0.4, -0.2) is 49.4 Å². The lowest BCUT2D eigenvalue weighted by atomic mass is 9.80. The Morgan fingerprint density at radius 3 is 2.21 bits per heavy atom. The molecule has 3 aromatic carbocycles. The van der Waals surface area contributed by atoms with Gasteiger partial charge in [-0.05, 0) is 36.6 Å². The fourth-order valence-corrected chi connectivity index (χ4v) is 6.53. The second-order valence-electron chi connectivity index (χ2n) is 11.4. The van der Waals surface area contributed by atoms with Gasteiger partial charge in [0.1, 0.15) is 11.5 Å². The summed E-state index contributed by atoms with van der Waals surface area (Å²) in [7, 11) is 2.45. The van der Waals surface area contributed by atoms with E-state index in [1.165, 1.54) is 19.1 Å². The molecule has 0 saturated carbocycles. The standard InChI is InChI=1S/C36H34N6O5/c1-46-35(44)30-29(22-12-6-5-7-13-22)26(21-37)33(38)42(32(30)36(45)47-2)28-20-23(16-17-27(28)41-18-10-3-4-11-19-41)31-24-14-8-9-15-25(24)34(43)40-39-31/h5-9,12-17,20,29H,3-4,10-11,18-19,38H2,1-2H3,(H,40,43). The van der Waals surface area contributed by atoms with Crippen molar-refractivity contribution in [2.45, 2.75) is 31.6 Å². The van der Waals surface area contributed by atoms with E-state index in [0.717, 1.165) is 44.5 Å². The molecule has 2 aliphatic rings. The number of ether oxygens (including phenoxy) is 2. The van der Waals surface area contributed by atoms with Gasteiger partial charge >= 0.3 is 11.9 Å². The van der Waals surface area contributed by atoms with Crippen LogP contribution in [0.25, 0.3) is 22.0 Å². The number of nitrogens with two attached hydrogens (primary N) is 1. The number of methoxy groups -OCH3 is 2. The first-order valence-corrected chi connectivity index (χ1v) is 15.4. The summed E-state index contributed by atoms with van der Waals surface area (Å²) in [6.45, 7) is 1.51. The summed E-state index contributed by atoms with van der Waals surface area (Å²) in [6, 6.07) is 23.9. The molecule has 47 heavy (non-hydrogen) atoms. The molecule has 238 valence electrons. The SMILES string of the molecule is COC(=O)C1=C(C(=O)OC)N(c2cc(-c3n[nH]c(=O)c4ccccc34)ccc2N2CCCCCC2)C(N)=C(C#N)C1c1ccccc1. The summed E-state index contributed by atoms with van der Waals surface area (Å²) in [5, 5.41) is 18.7. The first-order chi connectivity index (χ1) is 22.9. The highest BCUT2D eigenvalue weighted by Crippen LogP contribution is 2.46. The number of carbonyl (C=O) groups excluding carboxylic acids is 2. The average Bonchev–Trinajstić information content (AvgIpc) is 3.40. The molecule has 0 aliphatic carbocycles. The molecular formula is C36H34N6O5. The topological polar surface area (TPSA) is 155 Å². The smallest absolute Gasteiger partial charge is 0.355 e. The van der Waals surface area contributed by atoms with Gasteiger partial charge in [-0.25, -0.2) is 14.7 Å². The van der Waals surface area contributed by atoms with Gasteiger partial charge in [0.15, 0.2) is 0 Å². The molecule has 1 atom stereocenters. The van der Waals surface area contributed by atoms with E-state index in [-0.39, 0.29) is 28.2 Å². The second-order valence-corrected chi connectivity index (χ2v) is 11.4. The Kier molecular flexibility index (Phi) is 8.75. The number of anilines is 2. The van der Waals surface area contributed by atoms with Crippen LogP contribution in [0.3, 0.4) is 0 Å². The normalized spacial score (nSPS) is 16.9. The van der Waals surface area contributed by atoms with Crippen molar-refractivity contribution in [3.05, 3.63) is 111 Å². The lowest BCUT2D eigenvalue weighted by Crippen LogP contribution is -2.41. The fraction of sp³-hybridized carbons (Fsp3) is 0.250. The Bertz CT molecular complexity index is 2020. The molecule has 0 amide bonds. The summed E-state index contributed by atoms with van der Waals surface area (Å²) in [5.74, 6) is -2.65. The van der Waals surface area contributed by atoms with E-state index >= 15 is 0 Å². The Morgan fingerprint density at radius 1 is 0.894 bits per heavy atom. The molecule has 11 heteroatoms. The van der Waals surface area contributed by atoms with Crippen molar-refractivity contribution in [3.63, 3.8) is 0 Å². The summed E-state index contributed by atoms with van der Waals surface area (Å²) in [5.41, 5.74) is 9.33. The number of H-pyrrole nitrogens is 1. The van der Waals surface area contributed by atoms with Crippen LogP contribution in [0.4, 0.5) is 11.4 Å². The van der Waals surface area contributed by atoms with Gasteiger partial charge in [0.2, 0.25) is 0 Å². The summed E-state index contributed by atoms with van der Waals surface area (Å²) >= 11 is 0. The molecule has 1 saturated heterocycles. The highest BCUT2D eigenvalue weighted by atomic mass is 16.5. The van der Waals surface area contributed by atoms with Crippen LogP contribution < -0.4 is 21.1 Å². The lowest BCUT2D eigenvalue weighted by molar-refractivity contribution is -0.139. The van der Waals surface area contributed by atoms with E-state index in [1.54, 1.807) is 36.4 Å². The number of carbonyl (C=O) groups is 2. The molecule has 0 spiro atoms. The van der Waals surface area contributed by atoms with Gasteiger partial charge in [0, 0.05) is 24.0 Å². The number of fused-ring (bicyclic) bond motifs is 1. The van der Waals surface area contributed by atoms with Gasteiger partial charge in [-0.3, -0.25) is 9.69 Å². The molecule has 0 radical (unpaired) electrons. The van der Waals surface area contributed by atoms with Crippen LogP contribution in [0.2, 0.25) is 0 Å². The van der Waals surface area contributed by atoms with E-state index in [4.69, 9.17) is 15.2 Å². The molecular weight excluding hydrogens is 596 g/mol. The zero-order valence-corrected chi connectivity index (χ0v) is 26.2. The van der Waals surface area contributed by atoms with Gasteiger partial charge in [0.05, 0.1) is 59.8 Å². The number of hydrogen-bond donors (Lipinski definition) is 2. The van der Waals surface area contributed by atoms with Crippen LogP contribution in [0.1, 0.15) is 37.2 Å². The van der Waals surface area contributed by atoms with Crippen molar-refractivity contribution in [1.82, 2.24) is 10.2 Å². The third-order valence-corrected chi connectivity index (χ3v) is 8.74.